The molecule has 7 heteroatoms. The van der Waals surface area contributed by atoms with Crippen molar-refractivity contribution in [1.29, 1.82) is 0 Å². The third kappa shape index (κ3) is 4.70. The maximum Gasteiger partial charge on any atom is 0.243 e. The minimum Gasteiger partial charge on any atom is -0.312 e. The molecule has 0 aliphatic carbocycles. The number of amides is 1. The van der Waals surface area contributed by atoms with Crippen molar-refractivity contribution >= 4 is 38.2 Å². The average molecular weight is 465 g/mol. The van der Waals surface area contributed by atoms with E-state index < -0.39 is 10.0 Å². The molecule has 0 N–H and O–H groups in total. The highest BCUT2D eigenvalue weighted by Crippen LogP contribution is 2.29. The Bertz CT molecular complexity index is 1290. The SMILES string of the molecule is CCN(C(=O)C1CCN(S(=O)(=O)c2cccc(C(C)=O)c2)CC1)c1ccc2ccccc2c1. The highest BCUT2D eigenvalue weighted by Gasteiger charge is 2.34. The summed E-state index contributed by atoms with van der Waals surface area (Å²) >= 11 is 0. The van der Waals surface area contributed by atoms with E-state index in [1.807, 2.05) is 49.4 Å². The van der Waals surface area contributed by atoms with Crippen LogP contribution in [0, 0.1) is 5.92 Å². The van der Waals surface area contributed by atoms with Crippen LogP contribution in [-0.2, 0) is 14.8 Å². The number of Topliss-reactive ketones (excluding diaryl/α,β-unsaturated/α-hetero) is 1. The fourth-order valence-corrected chi connectivity index (χ4v) is 5.91. The minimum atomic E-state index is -3.71. The molecule has 172 valence electrons. The van der Waals surface area contributed by atoms with Crippen LogP contribution in [0.1, 0.15) is 37.0 Å². The number of hydrogen-bond acceptors (Lipinski definition) is 4. The molecule has 1 fully saturated rings. The van der Waals surface area contributed by atoms with Crippen molar-refractivity contribution in [2.75, 3.05) is 24.5 Å². The lowest BCUT2D eigenvalue weighted by atomic mass is 9.96. The Hall–Kier alpha value is -3.03. The summed E-state index contributed by atoms with van der Waals surface area (Å²) in [6.45, 7) is 4.47. The van der Waals surface area contributed by atoms with E-state index >= 15 is 0 Å². The van der Waals surface area contributed by atoms with Gasteiger partial charge in [-0.05, 0) is 61.7 Å². The number of rotatable bonds is 6. The van der Waals surface area contributed by atoms with Crippen LogP contribution in [-0.4, -0.2) is 44.0 Å². The van der Waals surface area contributed by atoms with Gasteiger partial charge in [0, 0.05) is 36.8 Å². The number of fused-ring (bicyclic) bond motifs is 1. The zero-order valence-electron chi connectivity index (χ0n) is 18.9. The summed E-state index contributed by atoms with van der Waals surface area (Å²) in [4.78, 5) is 26.9. The molecule has 1 saturated heterocycles. The lowest BCUT2D eigenvalue weighted by molar-refractivity contribution is -0.123. The Labute approximate surface area is 194 Å². The van der Waals surface area contributed by atoms with Gasteiger partial charge < -0.3 is 4.90 Å². The van der Waals surface area contributed by atoms with Crippen LogP contribution in [0.2, 0.25) is 0 Å². The lowest BCUT2D eigenvalue weighted by Crippen LogP contribution is -2.44. The van der Waals surface area contributed by atoms with E-state index in [2.05, 4.69) is 0 Å². The molecule has 0 unspecified atom stereocenters. The Morgan fingerprint density at radius 1 is 0.939 bits per heavy atom. The zero-order valence-corrected chi connectivity index (χ0v) is 19.7. The van der Waals surface area contributed by atoms with Gasteiger partial charge in [-0.1, -0.05) is 42.5 Å². The predicted molar refractivity (Wildman–Crippen MR) is 130 cm³/mol. The molecule has 33 heavy (non-hydrogen) atoms. The number of carbonyl (C=O) groups is 2. The van der Waals surface area contributed by atoms with E-state index in [0.29, 0.717) is 24.9 Å². The molecule has 6 nitrogen and oxygen atoms in total. The fourth-order valence-electron chi connectivity index (χ4n) is 4.40. The standard InChI is InChI=1S/C26H28N2O4S/c1-3-28(24-12-11-20-7-4-5-8-23(20)17-24)26(30)21-13-15-27(16-14-21)33(31,32)25-10-6-9-22(18-25)19(2)29/h4-12,17-18,21H,3,13-16H2,1-2H3. The van der Waals surface area contributed by atoms with E-state index in [0.717, 1.165) is 16.5 Å². The second-order valence-corrected chi connectivity index (χ2v) is 10.3. The Morgan fingerprint density at radius 2 is 1.64 bits per heavy atom. The molecule has 0 aromatic heterocycles. The molecular weight excluding hydrogens is 436 g/mol. The number of sulfonamides is 1. The van der Waals surface area contributed by atoms with Crippen molar-refractivity contribution in [3.05, 3.63) is 72.3 Å². The van der Waals surface area contributed by atoms with E-state index in [4.69, 9.17) is 0 Å². The molecular formula is C26H28N2O4S. The molecule has 1 aliphatic rings. The van der Waals surface area contributed by atoms with Gasteiger partial charge >= 0.3 is 0 Å². The fraction of sp³-hybridized carbons (Fsp3) is 0.308. The average Bonchev–Trinajstić information content (AvgIpc) is 2.84. The summed E-state index contributed by atoms with van der Waals surface area (Å²) in [5, 5.41) is 2.20. The minimum absolute atomic E-state index is 0.0309. The zero-order chi connectivity index (χ0) is 23.6. The van der Waals surface area contributed by atoms with Crippen LogP contribution in [0.25, 0.3) is 10.8 Å². The summed E-state index contributed by atoms with van der Waals surface area (Å²) in [7, 11) is -3.71. The van der Waals surface area contributed by atoms with Gasteiger partial charge in [0.05, 0.1) is 4.90 Å². The van der Waals surface area contributed by atoms with Crippen LogP contribution < -0.4 is 4.90 Å². The van der Waals surface area contributed by atoms with Gasteiger partial charge in [-0.15, -0.1) is 0 Å². The molecule has 3 aromatic carbocycles. The van der Waals surface area contributed by atoms with Gasteiger partial charge in [-0.3, -0.25) is 9.59 Å². The van der Waals surface area contributed by atoms with Crippen LogP contribution in [0.5, 0.6) is 0 Å². The van der Waals surface area contributed by atoms with Crippen LogP contribution in [0.4, 0.5) is 5.69 Å². The largest absolute Gasteiger partial charge is 0.312 e. The summed E-state index contributed by atoms with van der Waals surface area (Å²) in [6, 6.07) is 20.2. The van der Waals surface area contributed by atoms with Crippen molar-refractivity contribution in [2.24, 2.45) is 5.92 Å². The highest BCUT2D eigenvalue weighted by atomic mass is 32.2. The van der Waals surface area contributed by atoms with E-state index in [-0.39, 0.29) is 35.6 Å². The second-order valence-electron chi connectivity index (χ2n) is 8.38. The van der Waals surface area contributed by atoms with Crippen LogP contribution in [0.15, 0.2) is 71.6 Å². The first-order valence-corrected chi connectivity index (χ1v) is 12.7. The molecule has 0 saturated carbocycles. The molecule has 0 atom stereocenters. The molecule has 0 spiro atoms. The smallest absolute Gasteiger partial charge is 0.243 e. The Balaban J connectivity index is 1.47. The molecule has 4 rings (SSSR count). The van der Waals surface area contributed by atoms with Gasteiger partial charge in [0.15, 0.2) is 5.78 Å². The van der Waals surface area contributed by atoms with Crippen molar-refractivity contribution in [3.63, 3.8) is 0 Å². The lowest BCUT2D eigenvalue weighted by Gasteiger charge is -2.33. The number of piperidine rings is 1. The molecule has 1 amide bonds. The molecule has 0 radical (unpaired) electrons. The van der Waals surface area contributed by atoms with E-state index in [1.54, 1.807) is 17.0 Å². The van der Waals surface area contributed by atoms with E-state index in [9.17, 15) is 18.0 Å². The monoisotopic (exact) mass is 464 g/mol. The number of nitrogens with zero attached hydrogens (tertiary/aromatic N) is 2. The topological polar surface area (TPSA) is 74.8 Å². The third-order valence-electron chi connectivity index (χ3n) is 6.31. The number of carbonyl (C=O) groups excluding carboxylic acids is 2. The summed E-state index contributed by atoms with van der Waals surface area (Å²) < 4.78 is 27.6. The third-order valence-corrected chi connectivity index (χ3v) is 8.20. The Morgan fingerprint density at radius 3 is 2.30 bits per heavy atom. The normalized spacial score (nSPS) is 15.5. The van der Waals surface area contributed by atoms with Crippen molar-refractivity contribution in [2.45, 2.75) is 31.6 Å². The first kappa shape index (κ1) is 23.1. The molecule has 1 aliphatic heterocycles. The predicted octanol–water partition coefficient (Wildman–Crippen LogP) is 4.50. The van der Waals surface area contributed by atoms with Gasteiger partial charge in [-0.2, -0.15) is 4.31 Å². The first-order valence-electron chi connectivity index (χ1n) is 11.2. The van der Waals surface area contributed by atoms with Crippen LogP contribution >= 0.6 is 0 Å². The van der Waals surface area contributed by atoms with Gasteiger partial charge in [0.2, 0.25) is 15.9 Å². The summed E-state index contributed by atoms with van der Waals surface area (Å²) in [5.74, 6) is -0.375. The van der Waals surface area contributed by atoms with E-state index in [1.165, 1.54) is 23.4 Å². The van der Waals surface area contributed by atoms with Gasteiger partial charge in [0.25, 0.3) is 0 Å². The molecule has 0 bridgehead atoms. The number of ketones is 1. The van der Waals surface area contributed by atoms with Crippen molar-refractivity contribution in [1.82, 2.24) is 4.31 Å². The van der Waals surface area contributed by atoms with Gasteiger partial charge in [0.1, 0.15) is 0 Å². The maximum atomic E-state index is 13.3. The van der Waals surface area contributed by atoms with Crippen LogP contribution in [0.3, 0.4) is 0 Å². The summed E-state index contributed by atoms with van der Waals surface area (Å²) in [6.07, 6.45) is 0.934. The maximum absolute atomic E-state index is 13.3. The highest BCUT2D eigenvalue weighted by molar-refractivity contribution is 7.89. The summed E-state index contributed by atoms with van der Waals surface area (Å²) in [5.41, 5.74) is 1.23. The number of benzene rings is 3. The first-order chi connectivity index (χ1) is 15.8. The van der Waals surface area contributed by atoms with Crippen molar-refractivity contribution < 1.29 is 18.0 Å². The molecule has 3 aromatic rings. The quantitative estimate of drug-likeness (QED) is 0.504. The van der Waals surface area contributed by atoms with Crippen molar-refractivity contribution in [3.8, 4) is 0 Å². The Kier molecular flexibility index (Phi) is 6.63. The van der Waals surface area contributed by atoms with Gasteiger partial charge in [-0.25, -0.2) is 8.42 Å². The number of hydrogen-bond donors (Lipinski definition) is 0. The molecule has 1 heterocycles. The number of anilines is 1. The second kappa shape index (κ2) is 9.45.